The van der Waals surface area contributed by atoms with E-state index in [1.54, 1.807) is 0 Å². The van der Waals surface area contributed by atoms with E-state index in [2.05, 4.69) is 12.2 Å². The van der Waals surface area contributed by atoms with Crippen molar-refractivity contribution in [1.82, 2.24) is 5.32 Å². The fraction of sp³-hybridized carbons (Fsp3) is 0.462. The molecule has 1 N–H and O–H groups in total. The van der Waals surface area contributed by atoms with Crippen molar-refractivity contribution < 1.29 is 9.53 Å². The summed E-state index contributed by atoms with van der Waals surface area (Å²) in [6.45, 7) is 6.22. The molecule has 1 unspecified atom stereocenters. The largest absolute Gasteiger partial charge is 0.491 e. The highest BCUT2D eigenvalue weighted by Crippen LogP contribution is 2.14. The van der Waals surface area contributed by atoms with Crippen LogP contribution in [0.15, 0.2) is 24.3 Å². The zero-order chi connectivity index (χ0) is 12.0. The minimum absolute atomic E-state index is 0.0140. The average molecular weight is 221 g/mol. The second-order valence-electron chi connectivity index (χ2n) is 3.89. The summed E-state index contributed by atoms with van der Waals surface area (Å²) in [5.74, 6) is 0.862. The van der Waals surface area contributed by atoms with Gasteiger partial charge in [-0.3, -0.25) is 4.79 Å². The van der Waals surface area contributed by atoms with E-state index in [4.69, 9.17) is 4.74 Å². The van der Waals surface area contributed by atoms with Crippen molar-refractivity contribution in [3.63, 3.8) is 0 Å². The zero-order valence-electron chi connectivity index (χ0n) is 10.1. The van der Waals surface area contributed by atoms with Gasteiger partial charge in [-0.25, -0.2) is 0 Å². The second kappa shape index (κ2) is 6.16. The average Bonchev–Trinajstić information content (AvgIpc) is 2.28. The lowest BCUT2D eigenvalue weighted by molar-refractivity contribution is -0.119. The molecule has 88 valence electrons. The maximum atomic E-state index is 10.7. The predicted molar refractivity (Wildman–Crippen MR) is 64.3 cm³/mol. The molecule has 0 aliphatic carbocycles. The summed E-state index contributed by atoms with van der Waals surface area (Å²) in [6, 6.07) is 7.80. The van der Waals surface area contributed by atoms with E-state index in [0.29, 0.717) is 6.54 Å². The van der Waals surface area contributed by atoms with Crippen molar-refractivity contribution in [1.29, 1.82) is 0 Å². The molecule has 0 aromatic heterocycles. The number of nitrogens with one attached hydrogen (secondary N) is 1. The Hall–Kier alpha value is -1.51. The van der Waals surface area contributed by atoms with Crippen LogP contribution in [-0.2, 0) is 11.3 Å². The first kappa shape index (κ1) is 12.6. The molecule has 3 heteroatoms. The molecule has 1 atom stereocenters. The summed E-state index contributed by atoms with van der Waals surface area (Å²) in [5.41, 5.74) is 1.08. The number of hydrogen-bond acceptors (Lipinski definition) is 2. The highest BCUT2D eigenvalue weighted by molar-refractivity contribution is 5.72. The van der Waals surface area contributed by atoms with Gasteiger partial charge < -0.3 is 10.1 Å². The van der Waals surface area contributed by atoms with Crippen LogP contribution in [0.4, 0.5) is 0 Å². The molecule has 0 spiro atoms. The Balaban J connectivity index is 2.50. The molecule has 1 aromatic rings. The SMILES string of the molecule is CCC(C)Oc1ccc(CNC(C)=O)cc1. The van der Waals surface area contributed by atoms with Gasteiger partial charge in [-0.15, -0.1) is 0 Å². The molecule has 1 rings (SSSR count). The number of rotatable bonds is 5. The van der Waals surface area contributed by atoms with Crippen molar-refractivity contribution >= 4 is 5.91 Å². The molecular formula is C13H19NO2. The first-order valence-corrected chi connectivity index (χ1v) is 5.62. The molecule has 1 aromatic carbocycles. The van der Waals surface area contributed by atoms with Crippen LogP contribution in [0, 0.1) is 0 Å². The van der Waals surface area contributed by atoms with Gasteiger partial charge in [0, 0.05) is 13.5 Å². The van der Waals surface area contributed by atoms with Crippen molar-refractivity contribution in [2.24, 2.45) is 0 Å². The molecule has 0 fully saturated rings. The molecule has 16 heavy (non-hydrogen) atoms. The Morgan fingerprint density at radius 1 is 1.38 bits per heavy atom. The lowest BCUT2D eigenvalue weighted by Gasteiger charge is -2.12. The van der Waals surface area contributed by atoms with Gasteiger partial charge in [-0.2, -0.15) is 0 Å². The highest BCUT2D eigenvalue weighted by Gasteiger charge is 2.01. The van der Waals surface area contributed by atoms with Crippen molar-refractivity contribution in [3.05, 3.63) is 29.8 Å². The third-order valence-corrected chi connectivity index (χ3v) is 2.38. The lowest BCUT2D eigenvalue weighted by atomic mass is 10.2. The molecule has 0 saturated carbocycles. The lowest BCUT2D eigenvalue weighted by Crippen LogP contribution is -2.18. The van der Waals surface area contributed by atoms with Gasteiger partial charge in [0.1, 0.15) is 5.75 Å². The Morgan fingerprint density at radius 2 is 2.00 bits per heavy atom. The minimum atomic E-state index is -0.0140. The summed E-state index contributed by atoms with van der Waals surface area (Å²) in [5, 5.41) is 2.75. The van der Waals surface area contributed by atoms with Gasteiger partial charge in [0.25, 0.3) is 0 Å². The first-order valence-electron chi connectivity index (χ1n) is 5.62. The number of ether oxygens (including phenoxy) is 1. The van der Waals surface area contributed by atoms with Crippen LogP contribution in [0.1, 0.15) is 32.8 Å². The maximum Gasteiger partial charge on any atom is 0.217 e. The summed E-state index contributed by atoms with van der Waals surface area (Å²) in [4.78, 5) is 10.7. The molecular weight excluding hydrogens is 202 g/mol. The van der Waals surface area contributed by atoms with Gasteiger partial charge in [0.15, 0.2) is 0 Å². The Kier molecular flexibility index (Phi) is 4.83. The van der Waals surface area contributed by atoms with Crippen molar-refractivity contribution in [2.75, 3.05) is 0 Å². The minimum Gasteiger partial charge on any atom is -0.491 e. The van der Waals surface area contributed by atoms with Crippen molar-refractivity contribution in [3.8, 4) is 5.75 Å². The van der Waals surface area contributed by atoms with Crippen LogP contribution in [0.2, 0.25) is 0 Å². The molecule has 3 nitrogen and oxygen atoms in total. The predicted octanol–water partition coefficient (Wildman–Crippen LogP) is 2.50. The van der Waals surface area contributed by atoms with Gasteiger partial charge in [0.05, 0.1) is 6.10 Å². The van der Waals surface area contributed by atoms with E-state index >= 15 is 0 Å². The smallest absolute Gasteiger partial charge is 0.217 e. The standard InChI is InChI=1S/C13H19NO2/c1-4-10(2)16-13-7-5-12(6-8-13)9-14-11(3)15/h5-8,10H,4,9H2,1-3H3,(H,14,15). The van der Waals surface area contributed by atoms with E-state index < -0.39 is 0 Å². The number of carbonyl (C=O) groups is 1. The topological polar surface area (TPSA) is 38.3 Å². The summed E-state index contributed by atoms with van der Waals surface area (Å²) in [7, 11) is 0. The Morgan fingerprint density at radius 3 is 2.50 bits per heavy atom. The quantitative estimate of drug-likeness (QED) is 0.829. The van der Waals surface area contributed by atoms with Gasteiger partial charge in [0.2, 0.25) is 5.91 Å². The Labute approximate surface area is 96.8 Å². The van der Waals surface area contributed by atoms with Crippen LogP contribution in [0.25, 0.3) is 0 Å². The van der Waals surface area contributed by atoms with E-state index in [9.17, 15) is 4.79 Å². The zero-order valence-corrected chi connectivity index (χ0v) is 10.1. The van der Waals surface area contributed by atoms with Gasteiger partial charge >= 0.3 is 0 Å². The van der Waals surface area contributed by atoms with Crippen molar-refractivity contribution in [2.45, 2.75) is 39.8 Å². The highest BCUT2D eigenvalue weighted by atomic mass is 16.5. The maximum absolute atomic E-state index is 10.7. The molecule has 0 aliphatic heterocycles. The monoisotopic (exact) mass is 221 g/mol. The van der Waals surface area contributed by atoms with E-state index in [0.717, 1.165) is 17.7 Å². The number of carbonyl (C=O) groups excluding carboxylic acids is 1. The number of hydrogen-bond donors (Lipinski definition) is 1. The third kappa shape index (κ3) is 4.34. The number of benzene rings is 1. The summed E-state index contributed by atoms with van der Waals surface area (Å²) < 4.78 is 5.66. The second-order valence-corrected chi connectivity index (χ2v) is 3.89. The normalized spacial score (nSPS) is 11.9. The molecule has 0 heterocycles. The fourth-order valence-corrected chi connectivity index (χ4v) is 1.23. The third-order valence-electron chi connectivity index (χ3n) is 2.38. The van der Waals surface area contributed by atoms with Gasteiger partial charge in [-0.05, 0) is 31.0 Å². The summed E-state index contributed by atoms with van der Waals surface area (Å²) in [6.07, 6.45) is 1.23. The van der Waals surface area contributed by atoms with E-state index in [1.807, 2.05) is 31.2 Å². The number of amides is 1. The van der Waals surface area contributed by atoms with E-state index in [1.165, 1.54) is 6.92 Å². The molecule has 0 saturated heterocycles. The fourth-order valence-electron chi connectivity index (χ4n) is 1.23. The van der Waals surface area contributed by atoms with Crippen LogP contribution < -0.4 is 10.1 Å². The van der Waals surface area contributed by atoms with Crippen LogP contribution in [0.5, 0.6) is 5.75 Å². The van der Waals surface area contributed by atoms with E-state index in [-0.39, 0.29) is 12.0 Å². The molecule has 0 aliphatic rings. The van der Waals surface area contributed by atoms with Crippen LogP contribution in [-0.4, -0.2) is 12.0 Å². The van der Waals surface area contributed by atoms with Crippen LogP contribution >= 0.6 is 0 Å². The molecule has 0 bridgehead atoms. The molecule has 0 radical (unpaired) electrons. The molecule has 1 amide bonds. The summed E-state index contributed by atoms with van der Waals surface area (Å²) >= 11 is 0. The Bertz CT molecular complexity index is 332. The van der Waals surface area contributed by atoms with Gasteiger partial charge in [-0.1, -0.05) is 19.1 Å². The van der Waals surface area contributed by atoms with Crippen LogP contribution in [0.3, 0.4) is 0 Å². The first-order chi connectivity index (χ1) is 7.61.